The summed E-state index contributed by atoms with van der Waals surface area (Å²) in [5.41, 5.74) is 0.954. The molecule has 2 aromatic carbocycles. The number of hydrogen-bond acceptors (Lipinski definition) is 3. The summed E-state index contributed by atoms with van der Waals surface area (Å²) < 4.78 is 11.0. The van der Waals surface area contributed by atoms with E-state index in [2.05, 4.69) is 0 Å². The van der Waals surface area contributed by atoms with E-state index in [1.807, 2.05) is 42.5 Å². The summed E-state index contributed by atoms with van der Waals surface area (Å²) in [6, 6.07) is 14.9. The topological polar surface area (TPSA) is 38.7 Å². The van der Waals surface area contributed by atoms with Gasteiger partial charge >= 0.3 is 0 Å². The zero-order chi connectivity index (χ0) is 14.4. The molecular weight excluding hydrogens is 276 g/mol. The van der Waals surface area contributed by atoms with E-state index in [1.165, 1.54) is 0 Å². The van der Waals surface area contributed by atoms with Crippen LogP contribution in [0.4, 0.5) is 0 Å². The van der Waals surface area contributed by atoms with Crippen LogP contribution >= 0.6 is 11.6 Å². The fourth-order valence-electron chi connectivity index (χ4n) is 1.94. The lowest BCUT2D eigenvalue weighted by atomic mass is 10.0. The Morgan fingerprint density at radius 1 is 1.10 bits per heavy atom. The second-order valence-corrected chi connectivity index (χ2v) is 4.83. The van der Waals surface area contributed by atoms with E-state index in [9.17, 15) is 5.11 Å². The van der Waals surface area contributed by atoms with Gasteiger partial charge in [0, 0.05) is 10.9 Å². The van der Waals surface area contributed by atoms with Crippen molar-refractivity contribution in [3.05, 3.63) is 59.1 Å². The molecule has 0 aromatic heterocycles. The number of aliphatic hydroxyl groups excluding tert-OH is 1. The second-order valence-electron chi connectivity index (χ2n) is 4.40. The van der Waals surface area contributed by atoms with Crippen LogP contribution in [0.15, 0.2) is 48.5 Å². The van der Waals surface area contributed by atoms with Crippen molar-refractivity contribution >= 4 is 11.6 Å². The molecule has 1 N–H and O–H groups in total. The van der Waals surface area contributed by atoms with Gasteiger partial charge in [0.15, 0.2) is 11.5 Å². The highest BCUT2D eigenvalue weighted by Gasteiger charge is 2.13. The Hall–Kier alpha value is -1.71. The molecular formula is C16H17ClO3. The number of aliphatic hydroxyl groups is 1. The number of methoxy groups -OCH3 is 1. The molecule has 0 fully saturated rings. The second kappa shape index (κ2) is 7.17. The van der Waals surface area contributed by atoms with E-state index in [0.29, 0.717) is 23.1 Å². The minimum absolute atomic E-state index is 0.00447. The molecule has 0 heterocycles. The number of halogens is 1. The van der Waals surface area contributed by atoms with Crippen molar-refractivity contribution < 1.29 is 14.6 Å². The summed E-state index contributed by atoms with van der Waals surface area (Å²) in [5.74, 6) is 1.21. The Bertz CT molecular complexity index is 557. The van der Waals surface area contributed by atoms with Crippen molar-refractivity contribution in [2.45, 2.75) is 5.92 Å². The van der Waals surface area contributed by atoms with E-state index in [1.54, 1.807) is 13.2 Å². The van der Waals surface area contributed by atoms with Crippen LogP contribution in [0.5, 0.6) is 11.5 Å². The Kier molecular flexibility index (Phi) is 5.27. The van der Waals surface area contributed by atoms with Crippen LogP contribution in [0, 0.1) is 0 Å². The normalized spacial score (nSPS) is 11.9. The predicted molar refractivity (Wildman–Crippen MR) is 79.8 cm³/mol. The van der Waals surface area contributed by atoms with Gasteiger partial charge in [-0.3, -0.25) is 0 Å². The van der Waals surface area contributed by atoms with Gasteiger partial charge in [0.1, 0.15) is 0 Å². The third kappa shape index (κ3) is 3.65. The zero-order valence-electron chi connectivity index (χ0n) is 11.3. The van der Waals surface area contributed by atoms with Crippen molar-refractivity contribution in [2.75, 3.05) is 20.3 Å². The maximum absolute atomic E-state index is 9.52. The van der Waals surface area contributed by atoms with Gasteiger partial charge in [0.2, 0.25) is 0 Å². The number of rotatable bonds is 6. The molecule has 0 radical (unpaired) electrons. The summed E-state index contributed by atoms with van der Waals surface area (Å²) in [7, 11) is 1.60. The van der Waals surface area contributed by atoms with Gasteiger partial charge < -0.3 is 14.6 Å². The van der Waals surface area contributed by atoms with Gasteiger partial charge in [-0.1, -0.05) is 35.9 Å². The lowest BCUT2D eigenvalue weighted by molar-refractivity contribution is 0.201. The van der Waals surface area contributed by atoms with Crippen LogP contribution in [0.3, 0.4) is 0 Å². The minimum atomic E-state index is -0.126. The predicted octanol–water partition coefficient (Wildman–Crippen LogP) is 3.50. The highest BCUT2D eigenvalue weighted by Crippen LogP contribution is 2.28. The summed E-state index contributed by atoms with van der Waals surface area (Å²) >= 11 is 5.97. The molecule has 1 unspecified atom stereocenters. The Morgan fingerprint density at radius 3 is 2.50 bits per heavy atom. The fourth-order valence-corrected chi connectivity index (χ4v) is 2.14. The summed E-state index contributed by atoms with van der Waals surface area (Å²) in [5, 5.41) is 10.2. The number of para-hydroxylation sites is 2. The van der Waals surface area contributed by atoms with Crippen LogP contribution in [-0.4, -0.2) is 25.4 Å². The third-order valence-electron chi connectivity index (χ3n) is 3.05. The maximum atomic E-state index is 9.52. The van der Waals surface area contributed by atoms with Crippen molar-refractivity contribution in [1.29, 1.82) is 0 Å². The average Bonchev–Trinajstić information content (AvgIpc) is 2.48. The molecule has 2 rings (SSSR count). The molecule has 4 heteroatoms. The number of hydrogen-bond donors (Lipinski definition) is 1. The first-order valence-corrected chi connectivity index (χ1v) is 6.74. The summed E-state index contributed by atoms with van der Waals surface area (Å²) in [6.45, 7) is 0.354. The quantitative estimate of drug-likeness (QED) is 0.885. The average molecular weight is 293 g/mol. The first-order chi connectivity index (χ1) is 9.74. The van der Waals surface area contributed by atoms with Gasteiger partial charge in [-0.2, -0.15) is 0 Å². The molecule has 0 spiro atoms. The highest BCUT2D eigenvalue weighted by atomic mass is 35.5. The SMILES string of the molecule is COc1ccccc1OCC(CO)c1cccc(Cl)c1. The molecule has 0 amide bonds. The lowest BCUT2D eigenvalue weighted by Gasteiger charge is -2.17. The van der Waals surface area contributed by atoms with Crippen molar-refractivity contribution in [3.63, 3.8) is 0 Å². The molecule has 2 aromatic rings. The van der Waals surface area contributed by atoms with Gasteiger partial charge in [0.05, 0.1) is 20.3 Å². The lowest BCUT2D eigenvalue weighted by Crippen LogP contribution is -2.14. The highest BCUT2D eigenvalue weighted by molar-refractivity contribution is 6.30. The molecule has 1 atom stereocenters. The molecule has 0 bridgehead atoms. The van der Waals surface area contributed by atoms with Crippen molar-refractivity contribution in [2.24, 2.45) is 0 Å². The molecule has 0 saturated heterocycles. The van der Waals surface area contributed by atoms with E-state index >= 15 is 0 Å². The maximum Gasteiger partial charge on any atom is 0.161 e. The van der Waals surface area contributed by atoms with Gasteiger partial charge in [0.25, 0.3) is 0 Å². The first-order valence-electron chi connectivity index (χ1n) is 6.36. The summed E-state index contributed by atoms with van der Waals surface area (Å²) in [4.78, 5) is 0. The molecule has 106 valence electrons. The summed E-state index contributed by atoms with van der Waals surface area (Å²) in [6.07, 6.45) is 0. The van der Waals surface area contributed by atoms with E-state index in [-0.39, 0.29) is 12.5 Å². The van der Waals surface area contributed by atoms with Crippen molar-refractivity contribution in [3.8, 4) is 11.5 Å². The van der Waals surface area contributed by atoms with Crippen LogP contribution < -0.4 is 9.47 Å². The molecule has 3 nitrogen and oxygen atoms in total. The van der Waals surface area contributed by atoms with E-state index in [4.69, 9.17) is 21.1 Å². The van der Waals surface area contributed by atoms with Crippen LogP contribution in [0.2, 0.25) is 5.02 Å². The molecule has 0 saturated carbocycles. The van der Waals surface area contributed by atoms with E-state index < -0.39 is 0 Å². The largest absolute Gasteiger partial charge is 0.493 e. The van der Waals surface area contributed by atoms with E-state index in [0.717, 1.165) is 5.56 Å². The third-order valence-corrected chi connectivity index (χ3v) is 3.28. The van der Waals surface area contributed by atoms with Crippen LogP contribution in [-0.2, 0) is 0 Å². The molecule has 0 aliphatic rings. The zero-order valence-corrected chi connectivity index (χ0v) is 12.0. The van der Waals surface area contributed by atoms with Gasteiger partial charge in [-0.15, -0.1) is 0 Å². The van der Waals surface area contributed by atoms with Gasteiger partial charge in [-0.05, 0) is 29.8 Å². The number of ether oxygens (including phenoxy) is 2. The molecule has 20 heavy (non-hydrogen) atoms. The smallest absolute Gasteiger partial charge is 0.161 e. The van der Waals surface area contributed by atoms with Gasteiger partial charge in [-0.25, -0.2) is 0 Å². The van der Waals surface area contributed by atoms with Crippen LogP contribution in [0.25, 0.3) is 0 Å². The molecule has 0 aliphatic carbocycles. The van der Waals surface area contributed by atoms with Crippen LogP contribution in [0.1, 0.15) is 11.5 Å². The Balaban J connectivity index is 2.08. The van der Waals surface area contributed by atoms with Crippen molar-refractivity contribution in [1.82, 2.24) is 0 Å². The molecule has 0 aliphatic heterocycles. The minimum Gasteiger partial charge on any atom is -0.493 e. The monoisotopic (exact) mass is 292 g/mol. The standard InChI is InChI=1S/C16H17ClO3/c1-19-15-7-2-3-8-16(15)20-11-13(10-18)12-5-4-6-14(17)9-12/h2-9,13,18H,10-11H2,1H3. The Morgan fingerprint density at radius 2 is 1.85 bits per heavy atom. The number of benzene rings is 2. The fraction of sp³-hybridized carbons (Fsp3) is 0.250. The first kappa shape index (κ1) is 14.7. The Labute approximate surface area is 123 Å².